The molecule has 2 atom stereocenters. The van der Waals surface area contributed by atoms with Gasteiger partial charge in [0, 0.05) is 18.2 Å². The molecule has 0 saturated carbocycles. The Kier molecular flexibility index (Phi) is 5.34. The lowest BCUT2D eigenvalue weighted by molar-refractivity contribution is -0.173. The second-order valence-corrected chi connectivity index (χ2v) is 7.45. The van der Waals surface area contributed by atoms with Gasteiger partial charge >= 0.3 is 6.18 Å². The van der Waals surface area contributed by atoms with Crippen molar-refractivity contribution in [1.82, 2.24) is 9.78 Å². The zero-order valence-electron chi connectivity index (χ0n) is 16.9. The Labute approximate surface area is 177 Å². The molecule has 2 aromatic carbocycles. The van der Waals surface area contributed by atoms with E-state index in [0.29, 0.717) is 17.0 Å². The van der Waals surface area contributed by atoms with Crippen LogP contribution in [0, 0.1) is 6.92 Å². The van der Waals surface area contributed by atoms with Crippen LogP contribution in [-0.4, -0.2) is 29.0 Å². The van der Waals surface area contributed by atoms with Crippen molar-refractivity contribution in [3.8, 4) is 5.75 Å². The largest absolute Gasteiger partial charge is 0.497 e. The summed E-state index contributed by atoms with van der Waals surface area (Å²) >= 11 is 0. The van der Waals surface area contributed by atoms with E-state index in [-0.39, 0.29) is 17.9 Å². The maximum absolute atomic E-state index is 13.8. The molecule has 0 aliphatic carbocycles. The zero-order valence-corrected chi connectivity index (χ0v) is 16.9. The number of nitrogens with one attached hydrogen (secondary N) is 2. The van der Waals surface area contributed by atoms with E-state index in [1.54, 1.807) is 42.5 Å². The first-order chi connectivity index (χ1) is 14.7. The van der Waals surface area contributed by atoms with Gasteiger partial charge < -0.3 is 15.4 Å². The summed E-state index contributed by atoms with van der Waals surface area (Å²) in [5, 5.41) is 9.74. The van der Waals surface area contributed by atoms with Crippen molar-refractivity contribution in [2.45, 2.75) is 31.6 Å². The minimum absolute atomic E-state index is 0.0892. The molecule has 1 aliphatic heterocycles. The number of alkyl halides is 3. The third kappa shape index (κ3) is 4.35. The van der Waals surface area contributed by atoms with Gasteiger partial charge in [-0.3, -0.25) is 4.79 Å². The Morgan fingerprint density at radius 1 is 1.19 bits per heavy atom. The SMILES string of the molecule is COc1ccc([C@@H]2C[C@@H](C(F)(F)F)n3nc(C(=O)Nc4cccc(C)c4)cc3N2)cc1. The molecule has 1 amide bonds. The molecule has 0 saturated heterocycles. The molecule has 0 bridgehead atoms. The number of hydrogen-bond acceptors (Lipinski definition) is 4. The molecule has 2 heterocycles. The number of nitrogens with zero attached hydrogens (tertiary/aromatic N) is 2. The number of aryl methyl sites for hydroxylation is 1. The van der Waals surface area contributed by atoms with Crippen LogP contribution in [-0.2, 0) is 0 Å². The molecular weight excluding hydrogens is 409 g/mol. The lowest BCUT2D eigenvalue weighted by Gasteiger charge is -2.33. The first kappa shape index (κ1) is 20.8. The number of carbonyl (C=O) groups is 1. The molecule has 0 radical (unpaired) electrons. The van der Waals surface area contributed by atoms with Crippen molar-refractivity contribution in [3.63, 3.8) is 0 Å². The fourth-order valence-electron chi connectivity index (χ4n) is 3.66. The summed E-state index contributed by atoms with van der Waals surface area (Å²) < 4.78 is 47.4. The highest BCUT2D eigenvalue weighted by atomic mass is 19.4. The second kappa shape index (κ2) is 7.98. The summed E-state index contributed by atoms with van der Waals surface area (Å²) in [6, 6.07) is 12.9. The predicted octanol–water partition coefficient (Wildman–Crippen LogP) is 5.11. The molecule has 31 heavy (non-hydrogen) atoms. The van der Waals surface area contributed by atoms with Gasteiger partial charge in [-0.05, 0) is 42.3 Å². The van der Waals surface area contributed by atoms with Gasteiger partial charge in [-0.2, -0.15) is 18.3 Å². The van der Waals surface area contributed by atoms with E-state index in [2.05, 4.69) is 15.7 Å². The van der Waals surface area contributed by atoms with Crippen LogP contribution < -0.4 is 15.4 Å². The van der Waals surface area contributed by atoms with Crippen molar-refractivity contribution in [2.75, 3.05) is 17.7 Å². The van der Waals surface area contributed by atoms with Crippen LogP contribution >= 0.6 is 0 Å². The average molecular weight is 430 g/mol. The van der Waals surface area contributed by atoms with Crippen molar-refractivity contribution < 1.29 is 22.7 Å². The fraction of sp³-hybridized carbons (Fsp3) is 0.273. The van der Waals surface area contributed by atoms with Crippen molar-refractivity contribution in [2.24, 2.45) is 0 Å². The van der Waals surface area contributed by atoms with E-state index in [1.807, 2.05) is 13.0 Å². The van der Waals surface area contributed by atoms with Gasteiger partial charge in [-0.15, -0.1) is 0 Å². The number of hydrogen-bond donors (Lipinski definition) is 2. The Balaban J connectivity index is 1.63. The van der Waals surface area contributed by atoms with Crippen LogP contribution in [0.5, 0.6) is 5.75 Å². The molecule has 9 heteroatoms. The van der Waals surface area contributed by atoms with Crippen LogP contribution in [0.15, 0.2) is 54.6 Å². The van der Waals surface area contributed by atoms with E-state index in [1.165, 1.54) is 13.2 Å². The molecule has 162 valence electrons. The van der Waals surface area contributed by atoms with E-state index in [4.69, 9.17) is 4.74 Å². The number of carbonyl (C=O) groups excluding carboxylic acids is 1. The summed E-state index contributed by atoms with van der Waals surface area (Å²) in [7, 11) is 1.52. The highest BCUT2D eigenvalue weighted by Crippen LogP contribution is 2.43. The third-order valence-electron chi connectivity index (χ3n) is 5.22. The quantitative estimate of drug-likeness (QED) is 0.603. The topological polar surface area (TPSA) is 68.2 Å². The highest BCUT2D eigenvalue weighted by molar-refractivity contribution is 6.03. The first-order valence-corrected chi connectivity index (χ1v) is 9.69. The molecule has 4 rings (SSSR count). The number of ether oxygens (including phenoxy) is 1. The molecular formula is C22H21F3N4O2. The standard InChI is InChI=1S/C22H21F3N4O2/c1-13-4-3-5-15(10-13)26-21(30)18-12-20-27-17(14-6-8-16(31-2)9-7-14)11-19(22(23,24)25)29(20)28-18/h3-10,12,17,19,27H,11H2,1-2H3,(H,26,30)/t17-,19-/m0/s1. The Morgan fingerprint density at radius 3 is 2.58 bits per heavy atom. The van der Waals surface area contributed by atoms with Gasteiger partial charge in [-0.1, -0.05) is 24.3 Å². The molecule has 2 N–H and O–H groups in total. The van der Waals surface area contributed by atoms with Gasteiger partial charge in [0.1, 0.15) is 11.6 Å². The minimum Gasteiger partial charge on any atom is -0.497 e. The number of benzene rings is 2. The van der Waals surface area contributed by atoms with Crippen LogP contribution in [0.2, 0.25) is 0 Å². The lowest BCUT2D eigenvalue weighted by atomic mass is 9.97. The first-order valence-electron chi connectivity index (χ1n) is 9.69. The van der Waals surface area contributed by atoms with Crippen LogP contribution in [0.4, 0.5) is 24.7 Å². The van der Waals surface area contributed by atoms with Gasteiger partial charge in [0.05, 0.1) is 13.2 Å². The van der Waals surface area contributed by atoms with Gasteiger partial charge in [-0.25, -0.2) is 4.68 Å². The second-order valence-electron chi connectivity index (χ2n) is 7.45. The molecule has 0 spiro atoms. The van der Waals surface area contributed by atoms with Gasteiger partial charge in [0.15, 0.2) is 11.7 Å². The summed E-state index contributed by atoms with van der Waals surface area (Å²) in [6.07, 6.45) is -4.76. The normalized spacial score (nSPS) is 18.1. The number of methoxy groups -OCH3 is 1. The van der Waals surface area contributed by atoms with E-state index < -0.39 is 24.2 Å². The predicted molar refractivity (Wildman–Crippen MR) is 110 cm³/mol. The number of rotatable bonds is 4. The summed E-state index contributed by atoms with van der Waals surface area (Å²) in [5.74, 6) is 0.187. The van der Waals surface area contributed by atoms with Crippen molar-refractivity contribution >= 4 is 17.4 Å². The highest BCUT2D eigenvalue weighted by Gasteiger charge is 2.46. The van der Waals surface area contributed by atoms with Crippen LogP contribution in [0.3, 0.4) is 0 Å². The number of anilines is 2. The lowest BCUT2D eigenvalue weighted by Crippen LogP contribution is -2.35. The van der Waals surface area contributed by atoms with Crippen LogP contribution in [0.25, 0.3) is 0 Å². The Morgan fingerprint density at radius 2 is 1.94 bits per heavy atom. The molecule has 3 aromatic rings. The number of halogens is 3. The smallest absolute Gasteiger partial charge is 0.410 e. The van der Waals surface area contributed by atoms with Crippen molar-refractivity contribution in [3.05, 3.63) is 71.4 Å². The van der Waals surface area contributed by atoms with E-state index in [9.17, 15) is 18.0 Å². The fourth-order valence-corrected chi connectivity index (χ4v) is 3.66. The number of aromatic nitrogens is 2. The molecule has 6 nitrogen and oxygen atoms in total. The molecule has 0 fully saturated rings. The minimum atomic E-state index is -4.52. The van der Waals surface area contributed by atoms with Crippen molar-refractivity contribution in [1.29, 1.82) is 0 Å². The van der Waals surface area contributed by atoms with Gasteiger partial charge in [0.25, 0.3) is 5.91 Å². The summed E-state index contributed by atoms with van der Waals surface area (Å²) in [6.45, 7) is 1.88. The molecule has 1 aromatic heterocycles. The summed E-state index contributed by atoms with van der Waals surface area (Å²) in [5.41, 5.74) is 2.09. The number of amides is 1. The van der Waals surface area contributed by atoms with E-state index in [0.717, 1.165) is 10.2 Å². The summed E-state index contributed by atoms with van der Waals surface area (Å²) in [4.78, 5) is 12.6. The third-order valence-corrected chi connectivity index (χ3v) is 5.22. The van der Waals surface area contributed by atoms with Crippen LogP contribution in [0.1, 0.15) is 40.1 Å². The Bertz CT molecular complexity index is 1090. The monoisotopic (exact) mass is 430 g/mol. The number of fused-ring (bicyclic) bond motifs is 1. The zero-order chi connectivity index (χ0) is 22.2. The molecule has 1 aliphatic rings. The maximum atomic E-state index is 13.8. The van der Waals surface area contributed by atoms with Gasteiger partial charge in [0.2, 0.25) is 0 Å². The van der Waals surface area contributed by atoms with E-state index >= 15 is 0 Å². The molecule has 0 unspecified atom stereocenters. The Hall–Kier alpha value is -3.49. The average Bonchev–Trinajstić information content (AvgIpc) is 3.16. The maximum Gasteiger partial charge on any atom is 0.410 e.